The summed E-state index contributed by atoms with van der Waals surface area (Å²) in [6, 6.07) is 15.1. The molecule has 0 fully saturated rings. The fourth-order valence-corrected chi connectivity index (χ4v) is 4.20. The number of anilines is 1. The van der Waals surface area contributed by atoms with Crippen molar-refractivity contribution in [3.8, 4) is 23.0 Å². The summed E-state index contributed by atoms with van der Waals surface area (Å²) >= 11 is 6.21. The van der Waals surface area contributed by atoms with Gasteiger partial charge in [0.25, 0.3) is 5.95 Å². The summed E-state index contributed by atoms with van der Waals surface area (Å²) in [6.45, 7) is 1.91. The number of carbonyl (C=O) groups is 1. The maximum absolute atomic E-state index is 12.6. The molecule has 2 aromatic heterocycles. The number of methoxy groups -OCH3 is 1. The lowest BCUT2D eigenvalue weighted by atomic mass is 9.86. The molecule has 160 valence electrons. The smallest absolute Gasteiger partial charge is 0.272 e. The highest BCUT2D eigenvalue weighted by atomic mass is 35.5. The van der Waals surface area contributed by atoms with E-state index in [1.54, 1.807) is 13.3 Å². The number of aryl methyl sites for hydroxylation is 1. The zero-order valence-corrected chi connectivity index (χ0v) is 18.2. The molecule has 1 atom stereocenters. The Hall–Kier alpha value is -3.78. The van der Waals surface area contributed by atoms with Crippen molar-refractivity contribution in [3.05, 3.63) is 76.6 Å². The standard InChI is InChI=1S/C23H19ClN6O2/c1-13-21-18(14-5-3-7-16(24)9-14)11-20(31)27-22(21)30(29-13)23-26-19(12-25-28-23)15-6-4-8-17(10-15)32-2/h3-10,12,18H,11H2,1-2H3,(H,27,31). The van der Waals surface area contributed by atoms with Crippen molar-refractivity contribution in [2.45, 2.75) is 19.3 Å². The van der Waals surface area contributed by atoms with Crippen LogP contribution in [0.3, 0.4) is 0 Å². The molecule has 5 rings (SSSR count). The number of carbonyl (C=O) groups excluding carboxylic acids is 1. The van der Waals surface area contributed by atoms with Crippen molar-refractivity contribution in [3.63, 3.8) is 0 Å². The molecular weight excluding hydrogens is 428 g/mol. The zero-order valence-electron chi connectivity index (χ0n) is 17.4. The predicted molar refractivity (Wildman–Crippen MR) is 120 cm³/mol. The number of fused-ring (bicyclic) bond motifs is 1. The second kappa shape index (κ2) is 8.05. The Morgan fingerprint density at radius 1 is 1.19 bits per heavy atom. The molecule has 2 aromatic carbocycles. The van der Waals surface area contributed by atoms with Crippen LogP contribution in [0, 0.1) is 6.92 Å². The minimum atomic E-state index is -0.166. The molecule has 3 heterocycles. The molecular formula is C23H19ClN6O2. The number of ether oxygens (including phenoxy) is 1. The topological polar surface area (TPSA) is 94.8 Å². The lowest BCUT2D eigenvalue weighted by Crippen LogP contribution is -2.25. The largest absolute Gasteiger partial charge is 0.497 e. The van der Waals surface area contributed by atoms with E-state index in [-0.39, 0.29) is 17.8 Å². The van der Waals surface area contributed by atoms with Gasteiger partial charge in [0.2, 0.25) is 5.91 Å². The first kappa shape index (κ1) is 20.1. The average Bonchev–Trinajstić information content (AvgIpc) is 3.14. The third kappa shape index (κ3) is 3.58. The summed E-state index contributed by atoms with van der Waals surface area (Å²) < 4.78 is 6.84. The van der Waals surface area contributed by atoms with Gasteiger partial charge >= 0.3 is 0 Å². The van der Waals surface area contributed by atoms with E-state index in [4.69, 9.17) is 16.3 Å². The second-order valence-corrected chi connectivity index (χ2v) is 7.93. The number of halogens is 1. The molecule has 1 amide bonds. The van der Waals surface area contributed by atoms with Crippen molar-refractivity contribution < 1.29 is 9.53 Å². The van der Waals surface area contributed by atoms with Crippen LogP contribution in [0.4, 0.5) is 5.82 Å². The van der Waals surface area contributed by atoms with Gasteiger partial charge in [-0.2, -0.15) is 14.9 Å². The van der Waals surface area contributed by atoms with Crippen LogP contribution >= 0.6 is 11.6 Å². The van der Waals surface area contributed by atoms with Crippen molar-refractivity contribution in [1.29, 1.82) is 0 Å². The molecule has 1 unspecified atom stereocenters. The van der Waals surface area contributed by atoms with Gasteiger partial charge in [0.15, 0.2) is 0 Å². The molecule has 9 heteroatoms. The summed E-state index contributed by atoms with van der Waals surface area (Å²) in [5, 5.41) is 16.5. The number of hydrogen-bond acceptors (Lipinski definition) is 6. The van der Waals surface area contributed by atoms with Crippen LogP contribution in [0.1, 0.15) is 29.2 Å². The number of nitrogens with one attached hydrogen (secondary N) is 1. The molecule has 8 nitrogen and oxygen atoms in total. The number of benzene rings is 2. The molecule has 0 bridgehead atoms. The fraction of sp³-hybridized carbons (Fsp3) is 0.174. The molecule has 0 radical (unpaired) electrons. The highest BCUT2D eigenvalue weighted by molar-refractivity contribution is 6.30. The first-order valence-corrected chi connectivity index (χ1v) is 10.4. The molecule has 0 spiro atoms. The normalized spacial score (nSPS) is 15.2. The number of amides is 1. The number of hydrogen-bond donors (Lipinski definition) is 1. The summed E-state index contributed by atoms with van der Waals surface area (Å²) in [7, 11) is 1.61. The second-order valence-electron chi connectivity index (χ2n) is 7.49. The van der Waals surface area contributed by atoms with Gasteiger partial charge in [-0.3, -0.25) is 4.79 Å². The van der Waals surface area contributed by atoms with Gasteiger partial charge in [-0.1, -0.05) is 35.9 Å². The molecule has 0 saturated carbocycles. The first-order chi connectivity index (χ1) is 15.5. The third-order valence-corrected chi connectivity index (χ3v) is 5.69. The van der Waals surface area contributed by atoms with E-state index in [9.17, 15) is 4.79 Å². The zero-order chi connectivity index (χ0) is 22.2. The van der Waals surface area contributed by atoms with Gasteiger partial charge in [-0.05, 0) is 36.8 Å². The van der Waals surface area contributed by atoms with E-state index < -0.39 is 0 Å². The average molecular weight is 447 g/mol. The van der Waals surface area contributed by atoms with E-state index in [2.05, 4.69) is 25.6 Å². The maximum Gasteiger partial charge on any atom is 0.272 e. The Morgan fingerprint density at radius 2 is 2.03 bits per heavy atom. The molecule has 1 aliphatic rings. The van der Waals surface area contributed by atoms with Crippen molar-refractivity contribution in [2.75, 3.05) is 12.4 Å². The Bertz CT molecular complexity index is 1340. The van der Waals surface area contributed by atoms with Gasteiger partial charge in [0.05, 0.1) is 24.7 Å². The van der Waals surface area contributed by atoms with Crippen LogP contribution < -0.4 is 10.1 Å². The first-order valence-electron chi connectivity index (χ1n) is 10.0. The van der Waals surface area contributed by atoms with Crippen LogP contribution in [0.5, 0.6) is 5.75 Å². The lowest BCUT2D eigenvalue weighted by molar-refractivity contribution is -0.116. The van der Waals surface area contributed by atoms with Crippen molar-refractivity contribution in [1.82, 2.24) is 25.0 Å². The minimum absolute atomic E-state index is 0.111. The SMILES string of the molecule is COc1cccc(-c2cnnc(-n3nc(C)c4c3NC(=O)CC4c3cccc(Cl)c3)n2)c1. The van der Waals surface area contributed by atoms with Gasteiger partial charge < -0.3 is 10.1 Å². The van der Waals surface area contributed by atoms with Crippen LogP contribution in [-0.4, -0.2) is 38.0 Å². The van der Waals surface area contributed by atoms with E-state index >= 15 is 0 Å². The van der Waals surface area contributed by atoms with Crippen molar-refractivity contribution in [2.24, 2.45) is 0 Å². The fourth-order valence-electron chi connectivity index (χ4n) is 4.01. The summed E-state index contributed by atoms with van der Waals surface area (Å²) in [5.74, 6) is 1.25. The Morgan fingerprint density at radius 3 is 2.84 bits per heavy atom. The summed E-state index contributed by atoms with van der Waals surface area (Å²) in [4.78, 5) is 17.2. The van der Waals surface area contributed by atoms with Gasteiger partial charge in [-0.15, -0.1) is 5.10 Å². The molecule has 0 saturated heterocycles. The Kier molecular flexibility index (Phi) is 5.07. The Balaban J connectivity index is 1.61. The van der Waals surface area contributed by atoms with Crippen LogP contribution in [0.15, 0.2) is 54.7 Å². The molecule has 1 N–H and O–H groups in total. The number of rotatable bonds is 4. The molecule has 32 heavy (non-hydrogen) atoms. The van der Waals surface area contributed by atoms with E-state index in [1.165, 1.54) is 4.68 Å². The summed E-state index contributed by atoms with van der Waals surface area (Å²) in [6.07, 6.45) is 1.89. The Labute approximate surface area is 189 Å². The van der Waals surface area contributed by atoms with E-state index in [1.807, 2.05) is 55.5 Å². The van der Waals surface area contributed by atoms with E-state index in [0.29, 0.717) is 28.7 Å². The third-order valence-electron chi connectivity index (χ3n) is 5.46. The van der Waals surface area contributed by atoms with Gasteiger partial charge in [-0.25, -0.2) is 4.98 Å². The van der Waals surface area contributed by atoms with Crippen LogP contribution in [0.25, 0.3) is 17.2 Å². The highest BCUT2D eigenvalue weighted by Crippen LogP contribution is 2.40. The van der Waals surface area contributed by atoms with Crippen LogP contribution in [0.2, 0.25) is 5.02 Å². The molecule has 1 aliphatic heterocycles. The van der Waals surface area contributed by atoms with Crippen molar-refractivity contribution >= 4 is 23.3 Å². The molecule has 4 aromatic rings. The molecule has 0 aliphatic carbocycles. The van der Waals surface area contributed by atoms with Crippen LogP contribution in [-0.2, 0) is 4.79 Å². The quantitative estimate of drug-likeness (QED) is 0.505. The summed E-state index contributed by atoms with van der Waals surface area (Å²) in [5.41, 5.74) is 4.10. The predicted octanol–water partition coefficient (Wildman–Crippen LogP) is 4.17. The van der Waals surface area contributed by atoms with Gasteiger partial charge in [0.1, 0.15) is 11.6 Å². The number of aromatic nitrogens is 5. The van der Waals surface area contributed by atoms with E-state index in [0.717, 1.165) is 22.4 Å². The van der Waals surface area contributed by atoms with Gasteiger partial charge in [0, 0.05) is 28.5 Å². The number of nitrogens with zero attached hydrogens (tertiary/aromatic N) is 5. The monoisotopic (exact) mass is 446 g/mol. The lowest BCUT2D eigenvalue weighted by Gasteiger charge is -2.24. The maximum atomic E-state index is 12.6. The highest BCUT2D eigenvalue weighted by Gasteiger charge is 2.33. The minimum Gasteiger partial charge on any atom is -0.497 e.